The Morgan fingerprint density at radius 1 is 1.11 bits per heavy atom. The van der Waals surface area contributed by atoms with Crippen LogP contribution in [0.15, 0.2) is 42.5 Å². The molecule has 0 radical (unpaired) electrons. The van der Waals surface area contributed by atoms with Crippen molar-refractivity contribution in [3.05, 3.63) is 53.9 Å². The van der Waals surface area contributed by atoms with E-state index in [4.69, 9.17) is 10.5 Å². The van der Waals surface area contributed by atoms with Crippen molar-refractivity contribution in [3.63, 3.8) is 0 Å². The maximum atomic E-state index is 5.60. The van der Waals surface area contributed by atoms with Crippen LogP contribution in [0.3, 0.4) is 0 Å². The van der Waals surface area contributed by atoms with Crippen molar-refractivity contribution in [1.29, 1.82) is 0 Å². The van der Waals surface area contributed by atoms with E-state index in [0.717, 1.165) is 29.4 Å². The Bertz CT molecular complexity index is 525. The predicted octanol–water partition coefficient (Wildman–Crippen LogP) is 2.19. The van der Waals surface area contributed by atoms with Gasteiger partial charge in [-0.25, -0.2) is 0 Å². The number of nitrogens with two attached hydrogens (primary N) is 1. The predicted molar refractivity (Wildman–Crippen MR) is 77.2 cm³/mol. The van der Waals surface area contributed by atoms with E-state index in [1.807, 2.05) is 49.5 Å². The Morgan fingerprint density at radius 2 is 1.79 bits per heavy atom. The van der Waals surface area contributed by atoms with Gasteiger partial charge in [0.2, 0.25) is 0 Å². The molecule has 2 rings (SSSR count). The van der Waals surface area contributed by atoms with E-state index in [9.17, 15) is 0 Å². The average Bonchev–Trinajstić information content (AvgIpc) is 2.47. The van der Waals surface area contributed by atoms with Crippen molar-refractivity contribution in [2.75, 3.05) is 19.1 Å². The Morgan fingerprint density at radius 3 is 2.42 bits per heavy atom. The van der Waals surface area contributed by atoms with E-state index in [0.29, 0.717) is 6.54 Å². The van der Waals surface area contributed by atoms with E-state index in [1.165, 1.54) is 0 Å². The number of aromatic nitrogens is 1. The first-order chi connectivity index (χ1) is 9.22. The van der Waals surface area contributed by atoms with Gasteiger partial charge in [0.25, 0.3) is 0 Å². The summed E-state index contributed by atoms with van der Waals surface area (Å²) in [5.41, 5.74) is 8.66. The summed E-state index contributed by atoms with van der Waals surface area (Å²) < 4.78 is 5.15. The third-order valence-electron chi connectivity index (χ3n) is 2.99. The summed E-state index contributed by atoms with van der Waals surface area (Å²) in [5, 5.41) is 0. The fourth-order valence-electron chi connectivity index (χ4n) is 1.90. The monoisotopic (exact) mass is 257 g/mol. The van der Waals surface area contributed by atoms with Crippen molar-refractivity contribution in [1.82, 2.24) is 4.98 Å². The minimum Gasteiger partial charge on any atom is -0.497 e. The van der Waals surface area contributed by atoms with Crippen LogP contribution in [0.2, 0.25) is 0 Å². The number of anilines is 1. The molecule has 0 spiro atoms. The number of hydrogen-bond donors (Lipinski definition) is 1. The molecule has 2 N–H and O–H groups in total. The molecular weight excluding hydrogens is 238 g/mol. The standard InChI is InChI=1S/C15H19N3O/c1-18(14-6-8-15(19-2)9-7-14)11-13-5-3-4-12(10-16)17-13/h3-9H,10-11,16H2,1-2H3. The van der Waals surface area contributed by atoms with Crippen LogP contribution < -0.4 is 15.4 Å². The van der Waals surface area contributed by atoms with Gasteiger partial charge in [0.15, 0.2) is 0 Å². The van der Waals surface area contributed by atoms with Crippen molar-refractivity contribution >= 4 is 5.69 Å². The normalized spacial score (nSPS) is 10.3. The topological polar surface area (TPSA) is 51.4 Å². The number of hydrogen-bond acceptors (Lipinski definition) is 4. The third kappa shape index (κ3) is 3.45. The quantitative estimate of drug-likeness (QED) is 0.892. The van der Waals surface area contributed by atoms with Gasteiger partial charge in [-0.2, -0.15) is 0 Å². The lowest BCUT2D eigenvalue weighted by molar-refractivity contribution is 0.415. The number of methoxy groups -OCH3 is 1. The molecule has 0 aliphatic rings. The van der Waals surface area contributed by atoms with Crippen molar-refractivity contribution < 1.29 is 4.74 Å². The highest BCUT2D eigenvalue weighted by Crippen LogP contribution is 2.19. The summed E-state index contributed by atoms with van der Waals surface area (Å²) in [4.78, 5) is 6.64. The van der Waals surface area contributed by atoms with E-state index >= 15 is 0 Å². The van der Waals surface area contributed by atoms with E-state index in [1.54, 1.807) is 7.11 Å². The summed E-state index contributed by atoms with van der Waals surface area (Å²) in [6.45, 7) is 1.22. The van der Waals surface area contributed by atoms with Crippen LogP contribution in [-0.4, -0.2) is 19.1 Å². The Labute approximate surface area is 113 Å². The molecule has 0 unspecified atom stereocenters. The van der Waals surface area contributed by atoms with Gasteiger partial charge in [-0.15, -0.1) is 0 Å². The van der Waals surface area contributed by atoms with Crippen LogP contribution in [0.25, 0.3) is 0 Å². The van der Waals surface area contributed by atoms with Gasteiger partial charge in [0.05, 0.1) is 25.0 Å². The van der Waals surface area contributed by atoms with E-state index in [-0.39, 0.29) is 0 Å². The summed E-state index contributed by atoms with van der Waals surface area (Å²) in [6, 6.07) is 13.9. The van der Waals surface area contributed by atoms with Crippen LogP contribution in [0.1, 0.15) is 11.4 Å². The SMILES string of the molecule is COc1ccc(N(C)Cc2cccc(CN)n2)cc1. The van der Waals surface area contributed by atoms with Crippen molar-refractivity contribution in [2.24, 2.45) is 5.73 Å². The second-order valence-corrected chi connectivity index (χ2v) is 4.38. The average molecular weight is 257 g/mol. The highest BCUT2D eigenvalue weighted by atomic mass is 16.5. The van der Waals surface area contributed by atoms with Gasteiger partial charge >= 0.3 is 0 Å². The molecule has 0 bridgehead atoms. The smallest absolute Gasteiger partial charge is 0.119 e. The lowest BCUT2D eigenvalue weighted by Gasteiger charge is -2.19. The Kier molecular flexibility index (Phi) is 4.36. The molecule has 19 heavy (non-hydrogen) atoms. The first-order valence-corrected chi connectivity index (χ1v) is 6.23. The number of ether oxygens (including phenoxy) is 1. The van der Waals surface area contributed by atoms with Crippen LogP contribution in [0.5, 0.6) is 5.75 Å². The molecule has 0 atom stereocenters. The lowest BCUT2D eigenvalue weighted by atomic mass is 10.2. The maximum absolute atomic E-state index is 5.60. The van der Waals surface area contributed by atoms with Gasteiger partial charge < -0.3 is 15.4 Å². The van der Waals surface area contributed by atoms with E-state index in [2.05, 4.69) is 9.88 Å². The lowest BCUT2D eigenvalue weighted by Crippen LogP contribution is -2.17. The van der Waals surface area contributed by atoms with Gasteiger partial charge in [-0.3, -0.25) is 4.98 Å². The molecule has 4 heteroatoms. The largest absolute Gasteiger partial charge is 0.497 e. The first kappa shape index (κ1) is 13.4. The van der Waals surface area contributed by atoms with Gasteiger partial charge in [-0.1, -0.05) is 6.07 Å². The fraction of sp³-hybridized carbons (Fsp3) is 0.267. The number of benzene rings is 1. The van der Waals surface area contributed by atoms with Crippen molar-refractivity contribution in [3.8, 4) is 5.75 Å². The highest BCUT2D eigenvalue weighted by Gasteiger charge is 2.04. The molecule has 0 saturated carbocycles. The Balaban J connectivity index is 2.08. The molecule has 0 saturated heterocycles. The first-order valence-electron chi connectivity index (χ1n) is 6.23. The second kappa shape index (κ2) is 6.20. The Hall–Kier alpha value is -2.07. The maximum Gasteiger partial charge on any atom is 0.119 e. The summed E-state index contributed by atoms with van der Waals surface area (Å²) in [6.07, 6.45) is 0. The number of pyridine rings is 1. The summed E-state index contributed by atoms with van der Waals surface area (Å²) >= 11 is 0. The van der Waals surface area contributed by atoms with Gasteiger partial charge in [0, 0.05) is 19.3 Å². The zero-order chi connectivity index (χ0) is 13.7. The molecule has 1 aromatic carbocycles. The van der Waals surface area contributed by atoms with E-state index < -0.39 is 0 Å². The minimum atomic E-state index is 0.472. The van der Waals surface area contributed by atoms with Crippen molar-refractivity contribution in [2.45, 2.75) is 13.1 Å². The van der Waals surface area contributed by atoms with Gasteiger partial charge in [-0.05, 0) is 36.4 Å². The molecule has 1 heterocycles. The molecule has 100 valence electrons. The number of nitrogens with zero attached hydrogens (tertiary/aromatic N) is 2. The molecule has 2 aromatic rings. The second-order valence-electron chi connectivity index (χ2n) is 4.38. The molecule has 4 nitrogen and oxygen atoms in total. The molecule has 0 aliphatic carbocycles. The highest BCUT2D eigenvalue weighted by molar-refractivity contribution is 5.48. The summed E-state index contributed by atoms with van der Waals surface area (Å²) in [7, 11) is 3.71. The van der Waals surface area contributed by atoms with Crippen LogP contribution in [-0.2, 0) is 13.1 Å². The number of rotatable bonds is 5. The molecular formula is C15H19N3O. The molecule has 1 aromatic heterocycles. The van der Waals surface area contributed by atoms with Crippen LogP contribution >= 0.6 is 0 Å². The minimum absolute atomic E-state index is 0.472. The van der Waals surface area contributed by atoms with Gasteiger partial charge in [0.1, 0.15) is 5.75 Å². The molecule has 0 amide bonds. The van der Waals surface area contributed by atoms with Crippen LogP contribution in [0, 0.1) is 0 Å². The fourth-order valence-corrected chi connectivity index (χ4v) is 1.90. The molecule has 0 fully saturated rings. The van der Waals surface area contributed by atoms with Crippen LogP contribution in [0.4, 0.5) is 5.69 Å². The molecule has 0 aliphatic heterocycles. The third-order valence-corrected chi connectivity index (χ3v) is 2.99. The zero-order valence-corrected chi connectivity index (χ0v) is 11.3. The zero-order valence-electron chi connectivity index (χ0n) is 11.3. The summed E-state index contributed by atoms with van der Waals surface area (Å²) in [5.74, 6) is 0.861.